The highest BCUT2D eigenvalue weighted by Gasteiger charge is 2.11. The molecule has 0 unspecified atom stereocenters. The average Bonchev–Trinajstić information content (AvgIpc) is 3.31. The van der Waals surface area contributed by atoms with Crippen molar-refractivity contribution in [1.29, 1.82) is 0 Å². The summed E-state index contributed by atoms with van der Waals surface area (Å²) in [5.74, 6) is 0.0192. The minimum Gasteiger partial charge on any atom is -0.348 e. The normalized spacial score (nSPS) is 10.5. The lowest BCUT2D eigenvalue weighted by Gasteiger charge is -2.09. The summed E-state index contributed by atoms with van der Waals surface area (Å²) < 4.78 is 1.89. The smallest absolute Gasteiger partial charge is 0.251 e. The van der Waals surface area contributed by atoms with Gasteiger partial charge in [0.25, 0.3) is 5.91 Å². The number of nitrogens with one attached hydrogen (secondary N) is 2. The average molecular weight is 443 g/mol. The van der Waals surface area contributed by atoms with Crippen LogP contribution in [0.5, 0.6) is 0 Å². The zero-order chi connectivity index (χ0) is 22.2. The van der Waals surface area contributed by atoms with Crippen LogP contribution in [0.15, 0.2) is 102 Å². The minimum absolute atomic E-state index is 0.0961. The van der Waals surface area contributed by atoms with Gasteiger partial charge in [-0.3, -0.25) is 14.2 Å². The van der Waals surface area contributed by atoms with E-state index >= 15 is 0 Å². The fourth-order valence-corrected chi connectivity index (χ4v) is 3.87. The number of nitrogens with zero attached hydrogens (tertiary/aromatic N) is 2. The maximum absolute atomic E-state index is 12.4. The highest BCUT2D eigenvalue weighted by atomic mass is 32.2. The van der Waals surface area contributed by atoms with Crippen molar-refractivity contribution in [2.45, 2.75) is 11.7 Å². The Kier molecular flexibility index (Phi) is 6.99. The molecule has 0 saturated heterocycles. The van der Waals surface area contributed by atoms with Crippen molar-refractivity contribution in [2.24, 2.45) is 0 Å². The fraction of sp³-hybridized carbons (Fsp3) is 0.0800. The summed E-state index contributed by atoms with van der Waals surface area (Å²) in [5.41, 5.74) is 3.27. The maximum atomic E-state index is 12.4. The van der Waals surface area contributed by atoms with Gasteiger partial charge in [-0.1, -0.05) is 60.3 Å². The summed E-state index contributed by atoms with van der Waals surface area (Å²) in [6.07, 6.45) is 3.53. The zero-order valence-electron chi connectivity index (χ0n) is 17.3. The Hall–Kier alpha value is -3.84. The van der Waals surface area contributed by atoms with Crippen LogP contribution in [0.2, 0.25) is 0 Å². The van der Waals surface area contributed by atoms with Gasteiger partial charge in [0.1, 0.15) is 0 Å². The largest absolute Gasteiger partial charge is 0.348 e. The number of benzene rings is 3. The third-order valence-corrected chi connectivity index (χ3v) is 5.67. The SMILES string of the molecule is O=C(CSc1nccn1-c1ccc(C(=O)NCc2ccccc2)cc1)Nc1ccccc1. The summed E-state index contributed by atoms with van der Waals surface area (Å²) in [6.45, 7) is 0.481. The highest BCUT2D eigenvalue weighted by molar-refractivity contribution is 7.99. The van der Waals surface area contributed by atoms with Crippen molar-refractivity contribution in [3.05, 3.63) is 108 Å². The van der Waals surface area contributed by atoms with Crippen LogP contribution in [0.3, 0.4) is 0 Å². The molecule has 0 aliphatic heterocycles. The molecule has 1 aromatic heterocycles. The van der Waals surface area contributed by atoms with Crippen molar-refractivity contribution in [3.63, 3.8) is 0 Å². The molecule has 4 aromatic rings. The van der Waals surface area contributed by atoms with Gasteiger partial charge in [-0.05, 0) is 42.0 Å². The van der Waals surface area contributed by atoms with E-state index in [1.807, 2.05) is 83.6 Å². The predicted molar refractivity (Wildman–Crippen MR) is 127 cm³/mol. The first kappa shape index (κ1) is 21.4. The molecule has 2 amide bonds. The highest BCUT2D eigenvalue weighted by Crippen LogP contribution is 2.21. The molecule has 2 N–H and O–H groups in total. The Labute approximate surface area is 190 Å². The number of imidazole rings is 1. The molecule has 0 atom stereocenters. The molecule has 0 fully saturated rings. The Bertz CT molecular complexity index is 1180. The number of thioether (sulfide) groups is 1. The lowest BCUT2D eigenvalue weighted by atomic mass is 10.1. The Morgan fingerprint density at radius 1 is 0.875 bits per heavy atom. The number of aromatic nitrogens is 2. The van der Waals surface area contributed by atoms with Gasteiger partial charge in [-0.2, -0.15) is 0 Å². The molecule has 0 aliphatic rings. The van der Waals surface area contributed by atoms with Crippen LogP contribution in [0.25, 0.3) is 5.69 Å². The van der Waals surface area contributed by atoms with Crippen LogP contribution >= 0.6 is 11.8 Å². The first-order valence-corrected chi connectivity index (χ1v) is 11.1. The molecule has 0 radical (unpaired) electrons. The van der Waals surface area contributed by atoms with Gasteiger partial charge >= 0.3 is 0 Å². The topological polar surface area (TPSA) is 76.0 Å². The fourth-order valence-electron chi connectivity index (χ4n) is 3.10. The monoisotopic (exact) mass is 442 g/mol. The number of rotatable bonds is 8. The van der Waals surface area contributed by atoms with E-state index in [0.717, 1.165) is 16.9 Å². The molecule has 7 heteroatoms. The van der Waals surface area contributed by atoms with Crippen LogP contribution in [0.1, 0.15) is 15.9 Å². The van der Waals surface area contributed by atoms with Crippen molar-refractivity contribution in [1.82, 2.24) is 14.9 Å². The first-order chi connectivity index (χ1) is 15.7. The summed E-state index contributed by atoms with van der Waals surface area (Å²) in [7, 11) is 0. The lowest BCUT2D eigenvalue weighted by Crippen LogP contribution is -2.22. The van der Waals surface area contributed by atoms with E-state index in [1.165, 1.54) is 11.8 Å². The minimum atomic E-state index is -0.127. The van der Waals surface area contributed by atoms with Gasteiger partial charge in [0, 0.05) is 35.9 Å². The Morgan fingerprint density at radius 3 is 2.28 bits per heavy atom. The quantitative estimate of drug-likeness (QED) is 0.393. The first-order valence-electron chi connectivity index (χ1n) is 10.1. The van der Waals surface area contributed by atoms with E-state index < -0.39 is 0 Å². The Balaban J connectivity index is 1.35. The molecule has 3 aromatic carbocycles. The van der Waals surface area contributed by atoms with Crippen molar-refractivity contribution >= 4 is 29.3 Å². The van der Waals surface area contributed by atoms with Gasteiger partial charge in [0.05, 0.1) is 5.75 Å². The molecule has 0 spiro atoms. The predicted octanol–water partition coefficient (Wildman–Crippen LogP) is 4.53. The molecular formula is C25H22N4O2S. The van der Waals surface area contributed by atoms with Gasteiger partial charge in [-0.15, -0.1) is 0 Å². The second-order valence-electron chi connectivity index (χ2n) is 7.00. The molecule has 0 saturated carbocycles. The van der Waals surface area contributed by atoms with Crippen molar-refractivity contribution in [3.8, 4) is 5.69 Å². The molecule has 32 heavy (non-hydrogen) atoms. The van der Waals surface area contributed by atoms with Gasteiger partial charge in [0.15, 0.2) is 5.16 Å². The summed E-state index contributed by atoms with van der Waals surface area (Å²) in [6, 6.07) is 26.4. The molecule has 0 bridgehead atoms. The van der Waals surface area contributed by atoms with Crippen LogP contribution in [-0.4, -0.2) is 27.1 Å². The van der Waals surface area contributed by atoms with Crippen LogP contribution in [0.4, 0.5) is 5.69 Å². The number of para-hydroxylation sites is 1. The number of anilines is 1. The number of amides is 2. The third kappa shape index (κ3) is 5.65. The van der Waals surface area contributed by atoms with Crippen molar-refractivity contribution < 1.29 is 9.59 Å². The molecule has 6 nitrogen and oxygen atoms in total. The third-order valence-electron chi connectivity index (χ3n) is 4.70. The number of carbonyl (C=O) groups is 2. The van der Waals surface area contributed by atoms with Crippen LogP contribution < -0.4 is 10.6 Å². The molecule has 0 aliphatic carbocycles. The molecular weight excluding hydrogens is 420 g/mol. The lowest BCUT2D eigenvalue weighted by molar-refractivity contribution is -0.113. The van der Waals surface area contributed by atoms with Crippen LogP contribution in [-0.2, 0) is 11.3 Å². The van der Waals surface area contributed by atoms with Crippen molar-refractivity contribution in [2.75, 3.05) is 11.1 Å². The van der Waals surface area contributed by atoms with E-state index in [9.17, 15) is 9.59 Å². The van der Waals surface area contributed by atoms with E-state index in [4.69, 9.17) is 0 Å². The second-order valence-corrected chi connectivity index (χ2v) is 7.94. The van der Waals surface area contributed by atoms with E-state index in [2.05, 4.69) is 15.6 Å². The summed E-state index contributed by atoms with van der Waals surface area (Å²) in [5, 5.41) is 6.50. The van der Waals surface area contributed by atoms with Crippen LogP contribution in [0, 0.1) is 0 Å². The van der Waals surface area contributed by atoms with Gasteiger partial charge in [0.2, 0.25) is 5.91 Å². The van der Waals surface area contributed by atoms with Gasteiger partial charge < -0.3 is 10.6 Å². The Morgan fingerprint density at radius 2 is 1.56 bits per heavy atom. The number of carbonyl (C=O) groups excluding carboxylic acids is 2. The second kappa shape index (κ2) is 10.5. The standard InChI is InChI=1S/C25H22N4O2S/c30-23(28-21-9-5-2-6-10-21)18-32-25-26-15-16-29(25)22-13-11-20(12-14-22)24(31)27-17-19-7-3-1-4-8-19/h1-16H,17-18H2,(H,27,31)(H,28,30). The number of hydrogen-bond donors (Lipinski definition) is 2. The maximum Gasteiger partial charge on any atom is 0.251 e. The van der Waals surface area contributed by atoms with E-state index in [1.54, 1.807) is 18.3 Å². The molecule has 160 valence electrons. The zero-order valence-corrected chi connectivity index (χ0v) is 18.1. The van der Waals surface area contributed by atoms with Gasteiger partial charge in [-0.25, -0.2) is 4.98 Å². The van der Waals surface area contributed by atoms with E-state index in [-0.39, 0.29) is 17.6 Å². The number of hydrogen-bond acceptors (Lipinski definition) is 4. The molecule has 1 heterocycles. The molecule has 4 rings (SSSR count). The summed E-state index contributed by atoms with van der Waals surface area (Å²) >= 11 is 1.35. The summed E-state index contributed by atoms with van der Waals surface area (Å²) in [4.78, 5) is 29.0. The van der Waals surface area contributed by atoms with E-state index in [0.29, 0.717) is 17.3 Å².